The molecule has 0 N–H and O–H groups in total. The monoisotopic (exact) mass is 747 g/mol. The summed E-state index contributed by atoms with van der Waals surface area (Å²) in [5.74, 6) is 0.117. The van der Waals surface area contributed by atoms with Gasteiger partial charge < -0.3 is 0 Å². The van der Waals surface area contributed by atoms with Gasteiger partial charge in [-0.3, -0.25) is 0 Å². The Kier molecular flexibility index (Phi) is 10.3. The molecular formula is C42H55Cl2SiZr. The molecular weight excluding hydrogens is 695 g/mol. The molecule has 0 spiro atoms. The fourth-order valence-electron chi connectivity index (χ4n) is 9.48. The van der Waals surface area contributed by atoms with Crippen LogP contribution in [0.1, 0.15) is 138 Å². The van der Waals surface area contributed by atoms with Gasteiger partial charge in [0.05, 0.1) is 0 Å². The van der Waals surface area contributed by atoms with E-state index in [1.807, 2.05) is 0 Å². The second kappa shape index (κ2) is 13.6. The van der Waals surface area contributed by atoms with Gasteiger partial charge >= 0.3 is 291 Å². The second-order valence-corrected chi connectivity index (χ2v) is 57.9. The first-order chi connectivity index (χ1) is 22.0. The Labute approximate surface area is 288 Å². The van der Waals surface area contributed by atoms with Crippen molar-refractivity contribution in [2.24, 2.45) is 5.92 Å². The molecule has 0 amide bonds. The van der Waals surface area contributed by atoms with Crippen LogP contribution in [0.3, 0.4) is 0 Å². The summed E-state index contributed by atoms with van der Waals surface area (Å²) in [4.78, 5) is 0. The van der Waals surface area contributed by atoms with Crippen molar-refractivity contribution in [2.75, 3.05) is 0 Å². The summed E-state index contributed by atoms with van der Waals surface area (Å²) in [5.41, 5.74) is 14.1. The molecule has 6 rings (SSSR count). The van der Waals surface area contributed by atoms with Gasteiger partial charge in [-0.25, -0.2) is 0 Å². The Morgan fingerprint density at radius 1 is 0.783 bits per heavy atom. The van der Waals surface area contributed by atoms with Gasteiger partial charge in [0.1, 0.15) is 0 Å². The van der Waals surface area contributed by atoms with Gasteiger partial charge in [0.25, 0.3) is 0 Å². The van der Waals surface area contributed by atoms with Crippen molar-refractivity contribution >= 4 is 35.1 Å². The summed E-state index contributed by atoms with van der Waals surface area (Å²) in [5, 5.41) is 0. The van der Waals surface area contributed by atoms with Crippen molar-refractivity contribution in [3.05, 3.63) is 105 Å². The van der Waals surface area contributed by atoms with Crippen LogP contribution in [0.4, 0.5) is 0 Å². The van der Waals surface area contributed by atoms with Gasteiger partial charge in [0.2, 0.25) is 0 Å². The Morgan fingerprint density at radius 2 is 1.43 bits per heavy atom. The van der Waals surface area contributed by atoms with Crippen LogP contribution in [0.5, 0.6) is 0 Å². The molecule has 1 saturated carbocycles. The number of fused-ring (bicyclic) bond motifs is 2. The van der Waals surface area contributed by atoms with E-state index in [9.17, 15) is 0 Å². The Bertz CT molecular complexity index is 1640. The molecule has 0 bridgehead atoms. The summed E-state index contributed by atoms with van der Waals surface area (Å²) in [6.07, 6.45) is 15.3. The van der Waals surface area contributed by atoms with Crippen molar-refractivity contribution in [3.8, 4) is 11.1 Å². The minimum atomic E-state index is -4.75. The van der Waals surface area contributed by atoms with E-state index >= 15 is 0 Å². The zero-order chi connectivity index (χ0) is 32.8. The third-order valence-corrected chi connectivity index (χ3v) is 64.3. The van der Waals surface area contributed by atoms with Gasteiger partial charge in [-0.15, -0.1) is 0 Å². The van der Waals surface area contributed by atoms with Crippen LogP contribution in [-0.2, 0) is 15.6 Å². The average molecular weight is 750 g/mol. The van der Waals surface area contributed by atoms with Crippen molar-refractivity contribution in [2.45, 2.75) is 118 Å². The summed E-state index contributed by atoms with van der Waals surface area (Å²) in [6, 6.07) is 23.5. The summed E-state index contributed by atoms with van der Waals surface area (Å²) in [7, 11) is 17.3. The van der Waals surface area contributed by atoms with Crippen LogP contribution < -0.4 is 0 Å². The molecule has 0 heterocycles. The topological polar surface area (TPSA) is 0 Å². The van der Waals surface area contributed by atoms with Crippen molar-refractivity contribution in [1.29, 1.82) is 0 Å². The van der Waals surface area contributed by atoms with Crippen molar-refractivity contribution in [1.82, 2.24) is 0 Å². The van der Waals surface area contributed by atoms with E-state index in [-0.39, 0.29) is 7.25 Å². The molecule has 3 aromatic carbocycles. The molecule has 0 aromatic heterocycles. The van der Waals surface area contributed by atoms with Crippen LogP contribution in [0.2, 0.25) is 13.1 Å². The van der Waals surface area contributed by atoms with Crippen molar-refractivity contribution < 1.29 is 15.6 Å². The van der Waals surface area contributed by atoms with Crippen LogP contribution >= 0.6 is 17.0 Å². The Balaban J connectivity index is 1.49. The van der Waals surface area contributed by atoms with Crippen molar-refractivity contribution in [3.63, 3.8) is 0 Å². The summed E-state index contributed by atoms with van der Waals surface area (Å²) >= 11 is -4.75. The summed E-state index contributed by atoms with van der Waals surface area (Å²) in [6.45, 7) is 16.7. The molecule has 0 nitrogen and oxygen atoms in total. The van der Waals surface area contributed by atoms with Gasteiger partial charge in [-0.05, 0) is 0 Å². The predicted molar refractivity (Wildman–Crippen MR) is 205 cm³/mol. The van der Waals surface area contributed by atoms with E-state index < -0.39 is 21.5 Å². The molecule has 0 aliphatic heterocycles. The predicted octanol–water partition coefficient (Wildman–Crippen LogP) is 13.9. The maximum absolute atomic E-state index is 8.66. The van der Waals surface area contributed by atoms with E-state index in [2.05, 4.69) is 121 Å². The zero-order valence-corrected chi connectivity index (χ0v) is 34.4. The second-order valence-electron chi connectivity index (χ2n) is 15.4. The normalized spacial score (nSPS) is 22.1. The number of hydrogen-bond acceptors (Lipinski definition) is 0. The van der Waals surface area contributed by atoms with Crippen LogP contribution in [0.25, 0.3) is 23.3 Å². The van der Waals surface area contributed by atoms with E-state index in [0.29, 0.717) is 11.8 Å². The molecule has 3 aliphatic carbocycles. The van der Waals surface area contributed by atoms with E-state index in [1.165, 1.54) is 101 Å². The van der Waals surface area contributed by atoms with Gasteiger partial charge in [-0.2, -0.15) is 0 Å². The first kappa shape index (κ1) is 34.7. The molecule has 4 heteroatoms. The number of halogens is 2. The number of allylic oxidation sites excluding steroid dienone is 2. The van der Waals surface area contributed by atoms with Crippen LogP contribution in [-0.4, -0.2) is 5.92 Å². The number of hydrogen-bond donors (Lipinski definition) is 0. The molecule has 46 heavy (non-hydrogen) atoms. The molecule has 1 fully saturated rings. The minimum absolute atomic E-state index is 0.133. The molecule has 0 saturated heterocycles. The fourth-order valence-corrected chi connectivity index (χ4v) is 41.6. The Hall–Kier alpha value is -1.18. The first-order valence-corrected chi connectivity index (χ1v) is 34.6. The third kappa shape index (κ3) is 5.78. The molecule has 245 valence electrons. The van der Waals surface area contributed by atoms with E-state index in [1.54, 1.807) is 0 Å². The Morgan fingerprint density at radius 3 is 2.07 bits per heavy atom. The maximum atomic E-state index is 8.66. The van der Waals surface area contributed by atoms with Crippen LogP contribution in [0.15, 0.2) is 71.8 Å². The van der Waals surface area contributed by atoms with Gasteiger partial charge in [0.15, 0.2) is 0 Å². The van der Waals surface area contributed by atoms with E-state index in [4.69, 9.17) is 17.0 Å². The SMILES string of the molecule is CCCC(C)C1=Cc2c(C(C)CC)cccc2[CH]1[Zr]([Cl])([Cl])([CH]1C(C)=Cc2c(-c3ccc(C4CCCCC4)cc3)cccc21)[SiH](C)C. The first-order valence-electron chi connectivity index (χ1n) is 18.3. The third-order valence-electron chi connectivity index (χ3n) is 12.3. The average Bonchev–Trinajstić information content (AvgIpc) is 3.64. The van der Waals surface area contributed by atoms with Crippen LogP contribution in [0, 0.1) is 5.92 Å². The van der Waals surface area contributed by atoms with Gasteiger partial charge in [0, 0.05) is 0 Å². The molecule has 3 aliphatic rings. The van der Waals surface area contributed by atoms with Gasteiger partial charge in [-0.1, -0.05) is 0 Å². The molecule has 3 aromatic rings. The standard InChI is InChI=1S/C22H23.C18H25.C2H7Si.2ClH.Zr/c1-16-14-20-8-5-9-21(22(20)15-16)19-12-10-18(11-13-19)17-6-3-2-4-7-17;1-5-8-14(4)16-11-15-9-7-10-17(13(3)6-2)18(15)12-16;1-3-2;;;/h5,8-15,17H,2-4,6-7H2,1H3;7,9-14H,5-6,8H2,1-4H3;3H,1-2H3;2*1H;/q;;;;;+2/p-2. The van der Waals surface area contributed by atoms with E-state index in [0.717, 1.165) is 12.3 Å². The molecule has 4 unspecified atom stereocenters. The summed E-state index contributed by atoms with van der Waals surface area (Å²) < 4.78 is 0.295. The zero-order valence-electron chi connectivity index (χ0n) is 29.3. The number of benzene rings is 3. The quantitative estimate of drug-likeness (QED) is 0.181. The number of rotatable bonds is 10. The molecule has 0 radical (unpaired) electrons. The fraction of sp³-hybridized carbons (Fsp3) is 0.476. The molecule has 4 atom stereocenters.